The predicted molar refractivity (Wildman–Crippen MR) is 381 cm³/mol. The van der Waals surface area contributed by atoms with Gasteiger partial charge in [0, 0.05) is 40.2 Å². The van der Waals surface area contributed by atoms with E-state index >= 15 is 19.2 Å². The number of nitrogens with zero attached hydrogens (tertiary/aromatic N) is 1. The first kappa shape index (κ1) is 81.5. The van der Waals surface area contributed by atoms with Crippen LogP contribution in [-0.4, -0.2) is 92.5 Å². The molecular weight excluding hydrogens is 1200 g/mol. The second-order valence-corrected chi connectivity index (χ2v) is 35.4. The maximum atomic E-state index is 15.9. The minimum absolute atomic E-state index is 0.00976. The summed E-state index contributed by atoms with van der Waals surface area (Å²) in [6.07, 6.45) is 9.70. The van der Waals surface area contributed by atoms with Crippen LogP contribution in [-0.2, 0) is 43.0 Å². The number of aliphatic carboxylic acids is 2. The fourth-order valence-electron chi connectivity index (χ4n) is 15.1. The Balaban J connectivity index is 2.05. The molecular formula is C77H128N4O12S. The number of amidine groups is 1. The summed E-state index contributed by atoms with van der Waals surface area (Å²) >= 11 is 1.08. The summed E-state index contributed by atoms with van der Waals surface area (Å²) in [5, 5.41) is 24.5. The number of esters is 3. The van der Waals surface area contributed by atoms with Gasteiger partial charge in [0.05, 0.1) is 24.1 Å². The van der Waals surface area contributed by atoms with Gasteiger partial charge in [-0.05, 0) is 172 Å². The number of unbranched alkanes of at least 4 members (excludes halogenated alkanes) is 2. The molecule has 1 aromatic rings. The fraction of sp³-hybridized carbons (Fsp3) is 0.792. The van der Waals surface area contributed by atoms with Crippen LogP contribution in [0, 0.1) is 79.3 Å². The second kappa shape index (κ2) is 33.1. The summed E-state index contributed by atoms with van der Waals surface area (Å²) in [7, 11) is 0. The lowest BCUT2D eigenvalue weighted by Gasteiger charge is -2.50. The minimum Gasteiger partial charge on any atom is -0.481 e. The van der Waals surface area contributed by atoms with Crippen molar-refractivity contribution in [2.75, 3.05) is 17.7 Å². The number of aliphatic imine (C=N–C) groups is 1. The molecule has 5 N–H and O–H groups in total. The number of thioether (sulfide) groups is 1. The number of carbonyl (C=O) groups is 7. The van der Waals surface area contributed by atoms with Crippen LogP contribution >= 0.6 is 11.8 Å². The summed E-state index contributed by atoms with van der Waals surface area (Å²) in [6, 6.07) is 0. The van der Waals surface area contributed by atoms with Gasteiger partial charge in [-0.15, -0.1) is 11.8 Å². The predicted octanol–water partition coefficient (Wildman–Crippen LogP) is 18.4. The molecule has 1 aliphatic heterocycles. The lowest BCUT2D eigenvalue weighted by molar-refractivity contribution is -0.164. The lowest BCUT2D eigenvalue weighted by Crippen LogP contribution is -2.50. The Labute approximate surface area is 571 Å². The topological polar surface area (TPSA) is 240 Å². The number of carboxylic acids is 2. The minimum atomic E-state index is -1.18. The second-order valence-electron chi connectivity index (χ2n) is 34.0. The number of amides is 2. The molecule has 94 heavy (non-hydrogen) atoms. The first-order valence-corrected chi connectivity index (χ1v) is 37.0. The third kappa shape index (κ3) is 20.3. The number of hydrogen-bond acceptors (Lipinski definition) is 12. The van der Waals surface area contributed by atoms with Crippen molar-refractivity contribution < 1.29 is 58.0 Å². The van der Waals surface area contributed by atoms with E-state index in [1.54, 1.807) is 0 Å². The molecule has 5 atom stereocenters. The smallest absolute Gasteiger partial charge is 0.342 e. The van der Waals surface area contributed by atoms with Gasteiger partial charge in [0.1, 0.15) is 40.2 Å². The van der Waals surface area contributed by atoms with Gasteiger partial charge in [0.2, 0.25) is 11.8 Å². The first-order chi connectivity index (χ1) is 43.3. The Morgan fingerprint density at radius 3 is 1.44 bits per heavy atom. The molecule has 2 saturated carbocycles. The molecule has 0 aromatic carbocycles. The average molecular weight is 1330 g/mol. The van der Waals surface area contributed by atoms with E-state index in [4.69, 9.17) is 19.2 Å². The van der Waals surface area contributed by atoms with Crippen LogP contribution in [0.5, 0.6) is 0 Å². The zero-order valence-corrected chi connectivity index (χ0v) is 63.8. The summed E-state index contributed by atoms with van der Waals surface area (Å²) in [6.45, 7) is 53.0. The van der Waals surface area contributed by atoms with E-state index in [2.05, 4.69) is 113 Å². The molecule has 534 valence electrons. The SMILES string of the molecule is CCC(C)(C)C(=O)OCCCCC(CC)(CC)C(=O)Nc1[nH]c(C=C2N=C(NC(=O)C(CC)(CC)CCCCSC(CC(=O)O)C(=O)O)C(C(=O)OC3C(C(C)(C)C)CC(C)CC3C(C)(C)C)=C2C(C)C)c(C(C)C)c1C(=O)OC1C(C(C)(C)C)CC(C)CC1C(C)(C)C. The molecule has 2 fully saturated rings. The number of hydrogen-bond donors (Lipinski definition) is 5. The van der Waals surface area contributed by atoms with Crippen LogP contribution in [0.1, 0.15) is 303 Å². The Morgan fingerprint density at radius 1 is 0.606 bits per heavy atom. The van der Waals surface area contributed by atoms with Crippen molar-refractivity contribution in [1.82, 2.24) is 10.3 Å². The Hall–Kier alpha value is -4.93. The molecule has 2 aliphatic carbocycles. The van der Waals surface area contributed by atoms with Crippen molar-refractivity contribution in [3.8, 4) is 0 Å². The van der Waals surface area contributed by atoms with Gasteiger partial charge in [0.15, 0.2) is 0 Å². The highest BCUT2D eigenvalue weighted by atomic mass is 32.2. The monoisotopic (exact) mass is 1330 g/mol. The Bertz CT molecular complexity index is 2840. The molecule has 5 unspecified atom stereocenters. The van der Waals surface area contributed by atoms with Gasteiger partial charge in [-0.1, -0.05) is 166 Å². The van der Waals surface area contributed by atoms with Crippen molar-refractivity contribution in [2.45, 2.75) is 299 Å². The number of carboxylic acid groups (broad SMARTS) is 2. The van der Waals surface area contributed by atoms with Gasteiger partial charge in [0.25, 0.3) is 0 Å². The zero-order chi connectivity index (χ0) is 71.6. The molecule has 1 aromatic heterocycles. The van der Waals surface area contributed by atoms with Gasteiger partial charge >= 0.3 is 29.8 Å². The maximum Gasteiger partial charge on any atom is 0.342 e. The normalized spacial score (nSPS) is 22.7. The Kier molecular flexibility index (Phi) is 28.7. The first-order valence-electron chi connectivity index (χ1n) is 35.9. The molecule has 3 aliphatic rings. The van der Waals surface area contributed by atoms with Gasteiger partial charge in [-0.3, -0.25) is 24.0 Å². The van der Waals surface area contributed by atoms with E-state index < -0.39 is 64.0 Å². The van der Waals surface area contributed by atoms with E-state index in [1.807, 2.05) is 82.2 Å². The highest BCUT2D eigenvalue weighted by Crippen LogP contribution is 2.53. The molecule has 4 rings (SSSR count). The summed E-state index contributed by atoms with van der Waals surface area (Å²) in [4.78, 5) is 108. The van der Waals surface area contributed by atoms with Gasteiger partial charge in [-0.2, -0.15) is 0 Å². The third-order valence-corrected chi connectivity index (χ3v) is 23.2. The molecule has 0 radical (unpaired) electrons. The van der Waals surface area contributed by atoms with E-state index in [1.165, 1.54) is 0 Å². The van der Waals surface area contributed by atoms with Crippen LogP contribution in [0.2, 0.25) is 0 Å². The molecule has 2 heterocycles. The fourth-order valence-corrected chi connectivity index (χ4v) is 16.1. The Morgan fingerprint density at radius 2 is 1.04 bits per heavy atom. The number of aromatic amines is 1. The number of aromatic nitrogens is 1. The van der Waals surface area contributed by atoms with Crippen LogP contribution in [0.3, 0.4) is 0 Å². The molecule has 2 amide bonds. The van der Waals surface area contributed by atoms with Crippen molar-refractivity contribution >= 4 is 71.2 Å². The highest BCUT2D eigenvalue weighted by molar-refractivity contribution is 8.00. The van der Waals surface area contributed by atoms with Crippen molar-refractivity contribution in [2.24, 2.45) is 84.3 Å². The highest BCUT2D eigenvalue weighted by Gasteiger charge is 2.51. The molecule has 16 nitrogen and oxygen atoms in total. The largest absolute Gasteiger partial charge is 0.481 e. The number of rotatable bonds is 30. The molecule has 17 heteroatoms. The van der Waals surface area contributed by atoms with E-state index in [0.717, 1.165) is 37.4 Å². The van der Waals surface area contributed by atoms with Crippen LogP contribution in [0.4, 0.5) is 5.82 Å². The molecule has 0 saturated heterocycles. The summed E-state index contributed by atoms with van der Waals surface area (Å²) < 4.78 is 19.8. The van der Waals surface area contributed by atoms with Gasteiger partial charge < -0.3 is 40.0 Å². The van der Waals surface area contributed by atoms with Crippen molar-refractivity contribution in [1.29, 1.82) is 0 Å². The van der Waals surface area contributed by atoms with Crippen LogP contribution < -0.4 is 10.6 Å². The summed E-state index contributed by atoms with van der Waals surface area (Å²) in [5.74, 6) is -3.50. The number of anilines is 1. The third-order valence-electron chi connectivity index (χ3n) is 21.9. The van der Waals surface area contributed by atoms with Crippen LogP contribution in [0.15, 0.2) is 21.8 Å². The standard InChI is InChI=1S/C77H128N4O12S/c1-26-75(24,25)70(90)91-37-33-31-35-76(27-2,28-3)68(88)80-63-59(66(86)92-61-49(71(12,13)14)39-47(10)40-50(61)72(15,16)17)57(45(6)7)53(78-63)43-54-58(46(8)9)60(67(87)93-62-51(73(18,19)20)41-48(11)42-52(62)74(21,22)23)64(79-54)81-69(89)77(29-4,30-5)36-32-34-38-94-55(65(84)85)44-56(82)83/h43,45-52,55,61-62,78H,26-42,44H2,1-25H3,(H,80,88)(H,82,83)(H,84,85)(H,79,81,89). The number of carbonyl (C=O) groups excluding carboxylic acids is 5. The number of allylic oxidation sites excluding steroid dienone is 1. The van der Waals surface area contributed by atoms with E-state index in [9.17, 15) is 24.6 Å². The maximum absolute atomic E-state index is 15.9. The van der Waals surface area contributed by atoms with Gasteiger partial charge in [-0.25, -0.2) is 14.6 Å². The zero-order valence-electron chi connectivity index (χ0n) is 63.0. The number of ether oxygens (including phenoxy) is 3. The lowest BCUT2D eigenvalue weighted by atomic mass is 9.59. The van der Waals surface area contributed by atoms with Crippen LogP contribution in [0.25, 0.3) is 6.08 Å². The number of nitrogens with one attached hydrogen (secondary N) is 3. The average Bonchev–Trinajstić information content (AvgIpc) is 1.39. The van der Waals surface area contributed by atoms with E-state index in [0.29, 0.717) is 111 Å². The molecule has 0 bridgehead atoms. The molecule has 0 spiro atoms. The summed E-state index contributed by atoms with van der Waals surface area (Å²) in [5.41, 5.74) is -0.904. The quantitative estimate of drug-likeness (QED) is 0.0274. The van der Waals surface area contributed by atoms with Crippen molar-refractivity contribution in [3.63, 3.8) is 0 Å². The number of H-pyrrole nitrogens is 1. The van der Waals surface area contributed by atoms with Crippen molar-refractivity contribution in [3.05, 3.63) is 33.7 Å². The van der Waals surface area contributed by atoms with E-state index in [-0.39, 0.29) is 104 Å².